The zero-order valence-corrected chi connectivity index (χ0v) is 18.0. The van der Waals surface area contributed by atoms with Crippen LogP contribution in [0.4, 0.5) is 0 Å². The molecule has 2 aromatic carbocycles. The predicted molar refractivity (Wildman–Crippen MR) is 116 cm³/mol. The summed E-state index contributed by atoms with van der Waals surface area (Å²) >= 11 is 3.43. The molecule has 0 bridgehead atoms. The molecule has 6 heteroatoms. The molecule has 1 aliphatic rings. The monoisotopic (exact) mass is 457 g/mol. The van der Waals surface area contributed by atoms with Gasteiger partial charge in [0.25, 0.3) is 0 Å². The molecule has 3 aromatic rings. The van der Waals surface area contributed by atoms with Gasteiger partial charge in [0, 0.05) is 16.1 Å². The van der Waals surface area contributed by atoms with Gasteiger partial charge in [0.15, 0.2) is 0 Å². The summed E-state index contributed by atoms with van der Waals surface area (Å²) < 4.78 is 34.3. The molecule has 0 saturated heterocycles. The van der Waals surface area contributed by atoms with Crippen LogP contribution in [0.1, 0.15) is 20.3 Å². The van der Waals surface area contributed by atoms with Crippen LogP contribution in [0.15, 0.2) is 88.8 Å². The third kappa shape index (κ3) is 3.20. The van der Waals surface area contributed by atoms with E-state index in [1.165, 1.54) is 3.97 Å². The third-order valence-electron chi connectivity index (χ3n) is 5.07. The van der Waals surface area contributed by atoms with E-state index in [4.69, 9.17) is 4.74 Å². The number of fused-ring (bicyclic) bond motifs is 1. The first-order valence-electron chi connectivity index (χ1n) is 8.95. The largest absolute Gasteiger partial charge is 0.457 e. The van der Waals surface area contributed by atoms with Crippen LogP contribution in [0, 0.1) is 0 Å². The van der Waals surface area contributed by atoms with Gasteiger partial charge in [0.1, 0.15) is 16.3 Å². The standard InChI is InChI=1S/C22H20BrNO3S/c1-16-10-12-22(2,15-21(16)27-19-8-5-7-18(23)14-19)28(25,26)24-13-11-17-6-3-4-9-20(17)24/h3-11,13-15H,12H2,1-2H3. The second kappa shape index (κ2) is 6.94. The second-order valence-electron chi connectivity index (χ2n) is 7.15. The Bertz CT molecular complexity index is 1220. The maximum atomic E-state index is 13.6. The highest BCUT2D eigenvalue weighted by molar-refractivity contribution is 9.10. The molecule has 28 heavy (non-hydrogen) atoms. The first-order chi connectivity index (χ1) is 13.3. The Morgan fingerprint density at radius 3 is 2.68 bits per heavy atom. The molecule has 0 radical (unpaired) electrons. The molecular formula is C22H20BrNO3S. The van der Waals surface area contributed by atoms with Gasteiger partial charge < -0.3 is 4.74 Å². The van der Waals surface area contributed by atoms with E-state index in [1.54, 1.807) is 19.2 Å². The van der Waals surface area contributed by atoms with Crippen molar-refractivity contribution in [3.63, 3.8) is 0 Å². The van der Waals surface area contributed by atoms with Crippen molar-refractivity contribution in [1.29, 1.82) is 0 Å². The van der Waals surface area contributed by atoms with Crippen molar-refractivity contribution in [2.45, 2.75) is 25.0 Å². The molecule has 4 nitrogen and oxygen atoms in total. The Hall–Kier alpha value is -2.31. The molecule has 0 aliphatic heterocycles. The van der Waals surface area contributed by atoms with Gasteiger partial charge in [-0.2, -0.15) is 0 Å². The molecule has 4 rings (SSSR count). The van der Waals surface area contributed by atoms with E-state index < -0.39 is 14.8 Å². The third-order valence-corrected chi connectivity index (χ3v) is 7.87. The number of allylic oxidation sites excluding steroid dienone is 2. The second-order valence-corrected chi connectivity index (χ2v) is 10.3. The van der Waals surface area contributed by atoms with E-state index in [2.05, 4.69) is 15.9 Å². The van der Waals surface area contributed by atoms with Gasteiger partial charge in [0.2, 0.25) is 10.0 Å². The first kappa shape index (κ1) is 19.0. The van der Waals surface area contributed by atoms with Crippen molar-refractivity contribution < 1.29 is 13.2 Å². The van der Waals surface area contributed by atoms with Gasteiger partial charge in [-0.15, -0.1) is 0 Å². The van der Waals surface area contributed by atoms with Gasteiger partial charge in [-0.3, -0.25) is 0 Å². The molecule has 0 spiro atoms. The number of nitrogens with zero attached hydrogens (tertiary/aromatic N) is 1. The first-order valence-corrected chi connectivity index (χ1v) is 11.2. The lowest BCUT2D eigenvalue weighted by Gasteiger charge is -2.30. The minimum atomic E-state index is -3.70. The molecular weight excluding hydrogens is 438 g/mol. The lowest BCUT2D eigenvalue weighted by Crippen LogP contribution is -2.39. The molecule has 1 aromatic heterocycles. The number of para-hydroxylation sites is 1. The summed E-state index contributed by atoms with van der Waals surface area (Å²) in [6.45, 7) is 3.67. The van der Waals surface area contributed by atoms with Crippen molar-refractivity contribution in [3.8, 4) is 5.75 Å². The maximum Gasteiger partial charge on any atom is 0.248 e. The number of benzene rings is 2. The fraction of sp³-hybridized carbons (Fsp3) is 0.182. The van der Waals surface area contributed by atoms with Crippen LogP contribution in [-0.4, -0.2) is 17.1 Å². The van der Waals surface area contributed by atoms with E-state index in [1.807, 2.05) is 67.6 Å². The number of ether oxygens (including phenoxy) is 1. The lowest BCUT2D eigenvalue weighted by atomic mass is 9.97. The minimum Gasteiger partial charge on any atom is -0.457 e. The highest BCUT2D eigenvalue weighted by atomic mass is 79.9. The van der Waals surface area contributed by atoms with E-state index in [9.17, 15) is 8.42 Å². The van der Waals surface area contributed by atoms with Gasteiger partial charge in [-0.05, 0) is 62.2 Å². The Kier molecular flexibility index (Phi) is 4.71. The number of hydrogen-bond donors (Lipinski definition) is 0. The Morgan fingerprint density at radius 1 is 1.11 bits per heavy atom. The van der Waals surface area contributed by atoms with Crippen LogP contribution >= 0.6 is 15.9 Å². The van der Waals surface area contributed by atoms with Crippen molar-refractivity contribution in [3.05, 3.63) is 88.8 Å². The van der Waals surface area contributed by atoms with Crippen LogP contribution in [0.25, 0.3) is 10.9 Å². The maximum absolute atomic E-state index is 13.6. The van der Waals surface area contributed by atoms with Crippen molar-refractivity contribution in [1.82, 2.24) is 3.97 Å². The zero-order valence-electron chi connectivity index (χ0n) is 15.6. The Labute approximate surface area is 173 Å². The van der Waals surface area contributed by atoms with Crippen LogP contribution < -0.4 is 4.74 Å². The topological polar surface area (TPSA) is 48.3 Å². The minimum absolute atomic E-state index is 0.388. The van der Waals surface area contributed by atoms with Crippen molar-refractivity contribution in [2.24, 2.45) is 0 Å². The van der Waals surface area contributed by atoms with Gasteiger partial charge in [0.05, 0.1) is 5.52 Å². The smallest absolute Gasteiger partial charge is 0.248 e. The summed E-state index contributed by atoms with van der Waals surface area (Å²) in [5, 5.41) is 0.895. The molecule has 0 amide bonds. The number of halogens is 1. The molecule has 1 atom stereocenters. The van der Waals surface area contributed by atoms with Gasteiger partial charge in [-0.1, -0.05) is 46.3 Å². The molecule has 1 heterocycles. The SMILES string of the molecule is CC1=CCC(C)(S(=O)(=O)n2ccc3ccccc32)C=C1Oc1cccc(Br)c1. The summed E-state index contributed by atoms with van der Waals surface area (Å²) in [7, 11) is -3.70. The normalized spacial score (nSPS) is 20.0. The quantitative estimate of drug-likeness (QED) is 0.508. The van der Waals surface area contributed by atoms with Crippen LogP contribution in [0.5, 0.6) is 5.75 Å². The Morgan fingerprint density at radius 2 is 1.89 bits per heavy atom. The summed E-state index contributed by atoms with van der Waals surface area (Å²) in [5.74, 6) is 1.22. The highest BCUT2D eigenvalue weighted by Crippen LogP contribution is 2.36. The number of aromatic nitrogens is 1. The van der Waals surface area contributed by atoms with E-state index in [-0.39, 0.29) is 0 Å². The Balaban J connectivity index is 1.76. The van der Waals surface area contributed by atoms with Crippen LogP contribution in [-0.2, 0) is 10.0 Å². The zero-order chi connectivity index (χ0) is 19.9. The molecule has 144 valence electrons. The summed E-state index contributed by atoms with van der Waals surface area (Å²) in [6.07, 6.45) is 5.67. The number of hydrogen-bond acceptors (Lipinski definition) is 3. The van der Waals surface area contributed by atoms with Crippen molar-refractivity contribution >= 4 is 36.9 Å². The van der Waals surface area contributed by atoms with E-state index >= 15 is 0 Å². The van der Waals surface area contributed by atoms with E-state index in [0.717, 1.165) is 15.4 Å². The van der Waals surface area contributed by atoms with Crippen LogP contribution in [0.3, 0.4) is 0 Å². The molecule has 1 unspecified atom stereocenters. The average molecular weight is 458 g/mol. The fourth-order valence-electron chi connectivity index (χ4n) is 3.35. The fourth-order valence-corrected chi connectivity index (χ4v) is 5.37. The van der Waals surface area contributed by atoms with Crippen molar-refractivity contribution in [2.75, 3.05) is 0 Å². The van der Waals surface area contributed by atoms with Gasteiger partial charge in [-0.25, -0.2) is 12.4 Å². The van der Waals surface area contributed by atoms with Crippen LogP contribution in [0.2, 0.25) is 0 Å². The number of rotatable bonds is 4. The van der Waals surface area contributed by atoms with Gasteiger partial charge >= 0.3 is 0 Å². The molecule has 0 fully saturated rings. The summed E-state index contributed by atoms with van der Waals surface area (Å²) in [4.78, 5) is 0. The summed E-state index contributed by atoms with van der Waals surface area (Å²) in [5.41, 5.74) is 1.60. The predicted octanol–water partition coefficient (Wildman–Crippen LogP) is 5.65. The lowest BCUT2D eigenvalue weighted by molar-refractivity contribution is 0.423. The van der Waals surface area contributed by atoms with E-state index in [0.29, 0.717) is 23.4 Å². The molecule has 0 saturated carbocycles. The average Bonchev–Trinajstić information content (AvgIpc) is 3.10. The highest BCUT2D eigenvalue weighted by Gasteiger charge is 2.41. The molecule has 1 aliphatic carbocycles. The molecule has 0 N–H and O–H groups in total. The summed E-state index contributed by atoms with van der Waals surface area (Å²) in [6, 6.07) is 16.8.